The quantitative estimate of drug-likeness (QED) is 0.369. The van der Waals surface area contributed by atoms with Crippen LogP contribution in [0.5, 0.6) is 0 Å². The largest absolute Gasteiger partial charge is 0.481 e. The van der Waals surface area contributed by atoms with E-state index in [2.05, 4.69) is 13.0 Å². The van der Waals surface area contributed by atoms with Crippen LogP contribution in [0.25, 0.3) is 0 Å². The van der Waals surface area contributed by atoms with Gasteiger partial charge in [0.15, 0.2) is 0 Å². The normalized spacial score (nSPS) is 10.9. The van der Waals surface area contributed by atoms with Gasteiger partial charge in [0, 0.05) is 0 Å². The molecule has 0 atom stereocenters. The summed E-state index contributed by atoms with van der Waals surface area (Å²) in [7, 11) is 0. The Hall–Kier alpha value is -1.31. The molecule has 1 rings (SSSR count). The van der Waals surface area contributed by atoms with Crippen molar-refractivity contribution in [3.05, 3.63) is 35.4 Å². The van der Waals surface area contributed by atoms with E-state index < -0.39 is 5.97 Å². The summed E-state index contributed by atoms with van der Waals surface area (Å²) in [5.41, 5.74) is 2.19. The highest BCUT2D eigenvalue weighted by Crippen LogP contribution is 2.16. The minimum atomic E-state index is -0.739. The van der Waals surface area contributed by atoms with Gasteiger partial charge in [0.2, 0.25) is 0 Å². The van der Waals surface area contributed by atoms with Crippen LogP contribution in [0.15, 0.2) is 24.3 Å². The highest BCUT2D eigenvalue weighted by atomic mass is 16.4. The van der Waals surface area contributed by atoms with Crippen molar-refractivity contribution < 1.29 is 9.90 Å². The fourth-order valence-corrected chi connectivity index (χ4v) is 3.29. The first kappa shape index (κ1) is 20.7. The molecule has 0 bridgehead atoms. The Kier molecular flexibility index (Phi) is 12.2. The van der Waals surface area contributed by atoms with E-state index in [0.717, 1.165) is 12.0 Å². The molecule has 2 heteroatoms. The van der Waals surface area contributed by atoms with Crippen molar-refractivity contribution in [3.8, 4) is 0 Å². The van der Waals surface area contributed by atoms with E-state index in [1.807, 2.05) is 18.2 Å². The standard InChI is InChI=1S/C22H36O2/c1-2-3-4-5-6-7-8-9-10-11-12-13-16-20-17-14-15-18-21(20)19-22(23)24/h14-15,17-18H,2-13,16,19H2,1H3,(H,23,24). The molecule has 0 radical (unpaired) electrons. The summed E-state index contributed by atoms with van der Waals surface area (Å²) in [6.45, 7) is 2.27. The second-order valence-electron chi connectivity index (χ2n) is 6.98. The maximum Gasteiger partial charge on any atom is 0.307 e. The molecule has 24 heavy (non-hydrogen) atoms. The smallest absolute Gasteiger partial charge is 0.307 e. The predicted octanol–water partition coefficient (Wildman–Crippen LogP) is 6.56. The van der Waals surface area contributed by atoms with Gasteiger partial charge in [0.25, 0.3) is 0 Å². The third-order valence-electron chi connectivity index (χ3n) is 4.76. The predicted molar refractivity (Wildman–Crippen MR) is 103 cm³/mol. The molecule has 0 aliphatic heterocycles. The van der Waals surface area contributed by atoms with Crippen LogP contribution in [0.4, 0.5) is 0 Å². The molecule has 0 aliphatic rings. The molecule has 0 saturated heterocycles. The molecule has 1 N–H and O–H groups in total. The lowest BCUT2D eigenvalue weighted by Crippen LogP contribution is -2.03. The van der Waals surface area contributed by atoms with Crippen molar-refractivity contribution >= 4 is 5.97 Å². The first-order valence-corrected chi connectivity index (χ1v) is 10.0. The van der Waals surface area contributed by atoms with E-state index in [-0.39, 0.29) is 6.42 Å². The average Bonchev–Trinajstić information content (AvgIpc) is 2.57. The molecule has 136 valence electrons. The number of aliphatic carboxylic acids is 1. The average molecular weight is 333 g/mol. The summed E-state index contributed by atoms with van der Waals surface area (Å²) >= 11 is 0. The second-order valence-corrected chi connectivity index (χ2v) is 6.98. The molecule has 0 aliphatic carbocycles. The number of carbonyl (C=O) groups is 1. The minimum absolute atomic E-state index is 0.147. The molecule has 0 heterocycles. The van der Waals surface area contributed by atoms with Gasteiger partial charge in [-0.05, 0) is 24.0 Å². The van der Waals surface area contributed by atoms with Crippen LogP contribution >= 0.6 is 0 Å². The van der Waals surface area contributed by atoms with Gasteiger partial charge < -0.3 is 5.11 Å². The van der Waals surface area contributed by atoms with E-state index in [9.17, 15) is 4.79 Å². The summed E-state index contributed by atoms with van der Waals surface area (Å²) in [4.78, 5) is 10.9. The van der Waals surface area contributed by atoms with Crippen molar-refractivity contribution in [2.75, 3.05) is 0 Å². The molecule has 1 aromatic carbocycles. The van der Waals surface area contributed by atoms with Gasteiger partial charge in [0.1, 0.15) is 0 Å². The molecule has 0 unspecified atom stereocenters. The van der Waals surface area contributed by atoms with Crippen molar-refractivity contribution in [1.82, 2.24) is 0 Å². The molecule has 0 amide bonds. The number of benzene rings is 1. The first-order chi connectivity index (χ1) is 11.7. The molecule has 0 spiro atoms. The maximum atomic E-state index is 10.9. The Morgan fingerprint density at radius 1 is 0.750 bits per heavy atom. The van der Waals surface area contributed by atoms with Gasteiger partial charge in [-0.25, -0.2) is 0 Å². The van der Waals surface area contributed by atoms with Gasteiger partial charge in [0.05, 0.1) is 6.42 Å². The zero-order valence-electron chi connectivity index (χ0n) is 15.6. The van der Waals surface area contributed by atoms with Gasteiger partial charge in [-0.1, -0.05) is 102 Å². The highest BCUT2D eigenvalue weighted by Gasteiger charge is 2.05. The van der Waals surface area contributed by atoms with Crippen molar-refractivity contribution in [1.29, 1.82) is 0 Å². The Morgan fingerprint density at radius 3 is 1.71 bits per heavy atom. The molecule has 0 fully saturated rings. The molecule has 2 nitrogen and oxygen atoms in total. The van der Waals surface area contributed by atoms with Crippen molar-refractivity contribution in [2.24, 2.45) is 0 Å². The Bertz CT molecular complexity index is 439. The lowest BCUT2D eigenvalue weighted by molar-refractivity contribution is -0.136. The van der Waals surface area contributed by atoms with Crippen LogP contribution in [0.2, 0.25) is 0 Å². The summed E-state index contributed by atoms with van der Waals surface area (Å²) < 4.78 is 0. The van der Waals surface area contributed by atoms with Crippen LogP contribution in [0.1, 0.15) is 95.1 Å². The summed E-state index contributed by atoms with van der Waals surface area (Å²) in [6, 6.07) is 7.98. The van der Waals surface area contributed by atoms with Gasteiger partial charge in [-0.15, -0.1) is 0 Å². The lowest BCUT2D eigenvalue weighted by Gasteiger charge is -2.07. The summed E-state index contributed by atoms with van der Waals surface area (Å²) in [5.74, 6) is -0.739. The number of hydrogen-bond acceptors (Lipinski definition) is 1. The zero-order chi connectivity index (χ0) is 17.5. The van der Waals surface area contributed by atoms with Crippen LogP contribution in [-0.2, 0) is 17.6 Å². The number of hydrogen-bond donors (Lipinski definition) is 1. The van der Waals surface area contributed by atoms with Crippen molar-refractivity contribution in [3.63, 3.8) is 0 Å². The summed E-state index contributed by atoms with van der Waals surface area (Å²) in [6.07, 6.45) is 17.4. The van der Waals surface area contributed by atoms with Crippen LogP contribution < -0.4 is 0 Å². The molecule has 0 aromatic heterocycles. The highest BCUT2D eigenvalue weighted by molar-refractivity contribution is 5.70. The SMILES string of the molecule is CCCCCCCCCCCCCCc1ccccc1CC(=O)O. The summed E-state index contributed by atoms with van der Waals surface area (Å²) in [5, 5.41) is 8.96. The topological polar surface area (TPSA) is 37.3 Å². The van der Waals surface area contributed by atoms with Crippen LogP contribution in [-0.4, -0.2) is 11.1 Å². The maximum absolute atomic E-state index is 10.9. The Morgan fingerprint density at radius 2 is 1.21 bits per heavy atom. The zero-order valence-corrected chi connectivity index (χ0v) is 15.6. The third kappa shape index (κ3) is 10.5. The number of unbranched alkanes of at least 4 members (excludes halogenated alkanes) is 11. The van der Waals surface area contributed by atoms with Crippen molar-refractivity contribution in [2.45, 2.75) is 96.8 Å². The van der Waals surface area contributed by atoms with E-state index in [4.69, 9.17) is 5.11 Å². The number of carboxylic acids is 1. The van der Waals surface area contributed by atoms with E-state index >= 15 is 0 Å². The fourth-order valence-electron chi connectivity index (χ4n) is 3.29. The molecule has 0 saturated carbocycles. The number of rotatable bonds is 15. The second kappa shape index (κ2) is 14.1. The van der Waals surface area contributed by atoms with E-state index in [1.165, 1.54) is 82.6 Å². The van der Waals surface area contributed by atoms with Crippen LogP contribution in [0, 0.1) is 0 Å². The number of carboxylic acid groups (broad SMARTS) is 1. The fraction of sp³-hybridized carbons (Fsp3) is 0.682. The van der Waals surface area contributed by atoms with E-state index in [1.54, 1.807) is 0 Å². The molecule has 1 aromatic rings. The third-order valence-corrected chi connectivity index (χ3v) is 4.76. The van der Waals surface area contributed by atoms with Gasteiger partial charge >= 0.3 is 5.97 Å². The molecular formula is C22H36O2. The molecular weight excluding hydrogens is 296 g/mol. The number of aryl methyl sites for hydroxylation is 1. The van der Waals surface area contributed by atoms with Gasteiger partial charge in [-0.2, -0.15) is 0 Å². The van der Waals surface area contributed by atoms with Crippen LogP contribution in [0.3, 0.4) is 0 Å². The lowest BCUT2D eigenvalue weighted by atomic mass is 9.98. The Balaban J connectivity index is 2.00. The minimum Gasteiger partial charge on any atom is -0.481 e. The Labute approximate surface area is 148 Å². The monoisotopic (exact) mass is 332 g/mol. The van der Waals surface area contributed by atoms with E-state index in [0.29, 0.717) is 0 Å². The van der Waals surface area contributed by atoms with Gasteiger partial charge in [-0.3, -0.25) is 4.79 Å². The first-order valence-electron chi connectivity index (χ1n) is 10.0.